The normalized spacial score (nSPS) is 10.8. The van der Waals surface area contributed by atoms with E-state index in [1.165, 1.54) is 19.3 Å². The molecule has 25 heavy (non-hydrogen) atoms. The molecule has 0 aromatic heterocycles. The van der Waals surface area contributed by atoms with E-state index in [0.717, 1.165) is 21.3 Å². The number of rotatable bonds is 9. The molecule has 2 aromatic carbocycles. The fraction of sp³-hybridized carbons (Fsp3) is 0.300. The molecule has 0 bridgehead atoms. The Balaban J connectivity index is 1.79. The van der Waals surface area contributed by atoms with Gasteiger partial charge < -0.3 is 4.74 Å². The number of hydrazone groups is 1. The molecule has 0 atom stereocenters. The molecule has 0 saturated carbocycles. The van der Waals surface area contributed by atoms with Crippen molar-refractivity contribution in [2.75, 3.05) is 6.61 Å². The largest absolute Gasteiger partial charge is 0.494 e. The molecule has 0 aliphatic carbocycles. The van der Waals surface area contributed by atoms with E-state index in [4.69, 9.17) is 4.74 Å². The molecule has 0 spiro atoms. The van der Waals surface area contributed by atoms with Crippen LogP contribution in [-0.4, -0.2) is 18.7 Å². The number of hydrogen-bond acceptors (Lipinski definition) is 3. The van der Waals surface area contributed by atoms with Crippen molar-refractivity contribution in [1.29, 1.82) is 0 Å². The molecule has 0 aliphatic rings. The summed E-state index contributed by atoms with van der Waals surface area (Å²) in [6.07, 6.45) is 6.34. The molecular weight excluding hydrogens is 427 g/mol. The average Bonchev–Trinajstić information content (AvgIpc) is 2.62. The number of amides is 1. The fourth-order valence-electron chi connectivity index (χ4n) is 2.24. The topological polar surface area (TPSA) is 50.7 Å². The standard InChI is InChI=1S/C20H23IN2O2/c1-2-3-4-5-13-25-19-11-9-17(10-12-19)20(24)23-22-15-16-7-6-8-18(21)14-16/h6-12,14-15H,2-5,13H2,1H3,(H,23,24). The third-order valence-electron chi connectivity index (χ3n) is 3.61. The van der Waals surface area contributed by atoms with Gasteiger partial charge in [0.2, 0.25) is 0 Å². The SMILES string of the molecule is CCCCCCOc1ccc(C(=O)NN=Cc2cccc(I)c2)cc1. The Morgan fingerprint density at radius 2 is 1.96 bits per heavy atom. The average molecular weight is 450 g/mol. The van der Waals surface area contributed by atoms with Crippen LogP contribution in [0.5, 0.6) is 5.75 Å². The molecule has 0 radical (unpaired) electrons. The number of carbonyl (C=O) groups excluding carboxylic acids is 1. The second kappa shape index (κ2) is 10.9. The quantitative estimate of drug-likeness (QED) is 0.253. The van der Waals surface area contributed by atoms with Crippen molar-refractivity contribution in [2.45, 2.75) is 32.6 Å². The van der Waals surface area contributed by atoms with Gasteiger partial charge >= 0.3 is 0 Å². The third-order valence-corrected chi connectivity index (χ3v) is 4.28. The Kier molecular flexibility index (Phi) is 8.45. The number of nitrogens with zero attached hydrogens (tertiary/aromatic N) is 1. The van der Waals surface area contributed by atoms with Gasteiger partial charge in [0.1, 0.15) is 5.75 Å². The zero-order valence-corrected chi connectivity index (χ0v) is 16.5. The van der Waals surface area contributed by atoms with Crippen molar-refractivity contribution >= 4 is 34.7 Å². The summed E-state index contributed by atoms with van der Waals surface area (Å²) in [5, 5.41) is 4.00. The van der Waals surface area contributed by atoms with Crippen molar-refractivity contribution < 1.29 is 9.53 Å². The highest BCUT2D eigenvalue weighted by atomic mass is 127. The summed E-state index contributed by atoms with van der Waals surface area (Å²) < 4.78 is 6.80. The van der Waals surface area contributed by atoms with Gasteiger partial charge in [-0.25, -0.2) is 5.43 Å². The lowest BCUT2D eigenvalue weighted by atomic mass is 10.2. The van der Waals surface area contributed by atoms with Crippen LogP contribution in [0.25, 0.3) is 0 Å². The Labute approximate surface area is 162 Å². The first-order valence-electron chi connectivity index (χ1n) is 8.51. The van der Waals surface area contributed by atoms with Gasteiger partial charge in [-0.15, -0.1) is 0 Å². The van der Waals surface area contributed by atoms with Crippen LogP contribution in [0, 0.1) is 3.57 Å². The van der Waals surface area contributed by atoms with Crippen molar-refractivity contribution in [2.24, 2.45) is 5.10 Å². The van der Waals surface area contributed by atoms with Crippen LogP contribution >= 0.6 is 22.6 Å². The smallest absolute Gasteiger partial charge is 0.271 e. The first kappa shape index (κ1) is 19.4. The number of benzene rings is 2. The van der Waals surface area contributed by atoms with Crippen LogP contribution in [0.15, 0.2) is 53.6 Å². The Bertz CT molecular complexity index is 699. The Hall–Kier alpha value is -1.89. The lowest BCUT2D eigenvalue weighted by Crippen LogP contribution is -2.17. The van der Waals surface area contributed by atoms with E-state index in [1.807, 2.05) is 36.4 Å². The maximum absolute atomic E-state index is 12.1. The number of nitrogens with one attached hydrogen (secondary N) is 1. The summed E-state index contributed by atoms with van der Waals surface area (Å²) >= 11 is 2.24. The second-order valence-electron chi connectivity index (χ2n) is 5.69. The van der Waals surface area contributed by atoms with E-state index in [0.29, 0.717) is 12.2 Å². The second-order valence-corrected chi connectivity index (χ2v) is 6.93. The molecule has 1 N–H and O–H groups in total. The minimum absolute atomic E-state index is 0.239. The molecule has 0 fully saturated rings. The summed E-state index contributed by atoms with van der Waals surface area (Å²) in [6, 6.07) is 15.0. The van der Waals surface area contributed by atoms with Gasteiger partial charge in [-0.1, -0.05) is 38.3 Å². The number of ether oxygens (including phenoxy) is 1. The van der Waals surface area contributed by atoms with Crippen molar-refractivity contribution in [3.8, 4) is 5.75 Å². The number of carbonyl (C=O) groups is 1. The van der Waals surface area contributed by atoms with Gasteiger partial charge in [0.15, 0.2) is 0 Å². The maximum Gasteiger partial charge on any atom is 0.271 e. The monoisotopic (exact) mass is 450 g/mol. The molecule has 2 rings (SSSR count). The molecule has 1 amide bonds. The molecular formula is C20H23IN2O2. The zero-order chi connectivity index (χ0) is 17.9. The van der Waals surface area contributed by atoms with E-state index in [2.05, 4.69) is 40.0 Å². The first-order valence-corrected chi connectivity index (χ1v) is 9.58. The molecule has 4 nitrogen and oxygen atoms in total. The molecule has 5 heteroatoms. The minimum atomic E-state index is -0.239. The van der Waals surface area contributed by atoms with E-state index in [-0.39, 0.29) is 5.91 Å². The summed E-state index contributed by atoms with van der Waals surface area (Å²) in [4.78, 5) is 12.1. The zero-order valence-electron chi connectivity index (χ0n) is 14.4. The van der Waals surface area contributed by atoms with Gasteiger partial charge in [-0.05, 0) is 71.0 Å². The lowest BCUT2D eigenvalue weighted by molar-refractivity contribution is 0.0955. The highest BCUT2D eigenvalue weighted by molar-refractivity contribution is 14.1. The van der Waals surface area contributed by atoms with Crippen molar-refractivity contribution in [1.82, 2.24) is 5.43 Å². The lowest BCUT2D eigenvalue weighted by Gasteiger charge is -2.06. The summed E-state index contributed by atoms with van der Waals surface area (Å²) in [5.74, 6) is 0.548. The predicted molar refractivity (Wildman–Crippen MR) is 110 cm³/mol. The highest BCUT2D eigenvalue weighted by Gasteiger charge is 2.04. The molecule has 0 heterocycles. The summed E-state index contributed by atoms with van der Waals surface area (Å²) in [7, 11) is 0. The Morgan fingerprint density at radius 3 is 2.68 bits per heavy atom. The van der Waals surface area contributed by atoms with E-state index < -0.39 is 0 Å². The maximum atomic E-state index is 12.1. The molecule has 0 unspecified atom stereocenters. The van der Waals surface area contributed by atoms with Crippen molar-refractivity contribution in [3.63, 3.8) is 0 Å². The molecule has 132 valence electrons. The van der Waals surface area contributed by atoms with Crippen LogP contribution in [-0.2, 0) is 0 Å². The fourth-order valence-corrected chi connectivity index (χ4v) is 2.81. The molecule has 2 aromatic rings. The van der Waals surface area contributed by atoms with Crippen LogP contribution in [0.3, 0.4) is 0 Å². The number of unbranched alkanes of at least 4 members (excludes halogenated alkanes) is 3. The predicted octanol–water partition coefficient (Wildman–Crippen LogP) is 5.01. The van der Waals surface area contributed by atoms with Crippen LogP contribution in [0.4, 0.5) is 0 Å². The molecule has 0 saturated heterocycles. The minimum Gasteiger partial charge on any atom is -0.494 e. The van der Waals surface area contributed by atoms with Crippen LogP contribution in [0.2, 0.25) is 0 Å². The molecule has 0 aliphatic heterocycles. The number of halogens is 1. The first-order chi connectivity index (χ1) is 12.2. The van der Waals surface area contributed by atoms with E-state index in [1.54, 1.807) is 18.3 Å². The van der Waals surface area contributed by atoms with Crippen LogP contribution in [0.1, 0.15) is 48.5 Å². The summed E-state index contributed by atoms with van der Waals surface area (Å²) in [6.45, 7) is 2.90. The van der Waals surface area contributed by atoms with E-state index >= 15 is 0 Å². The van der Waals surface area contributed by atoms with Gasteiger partial charge in [0.05, 0.1) is 12.8 Å². The number of hydrogen-bond donors (Lipinski definition) is 1. The highest BCUT2D eigenvalue weighted by Crippen LogP contribution is 2.13. The van der Waals surface area contributed by atoms with E-state index in [9.17, 15) is 4.79 Å². The van der Waals surface area contributed by atoms with Gasteiger partial charge in [-0.2, -0.15) is 5.10 Å². The van der Waals surface area contributed by atoms with Crippen molar-refractivity contribution in [3.05, 3.63) is 63.2 Å². The van der Waals surface area contributed by atoms with Crippen LogP contribution < -0.4 is 10.2 Å². The van der Waals surface area contributed by atoms with Gasteiger partial charge in [-0.3, -0.25) is 4.79 Å². The summed E-state index contributed by atoms with van der Waals surface area (Å²) in [5.41, 5.74) is 4.04. The van der Waals surface area contributed by atoms with Gasteiger partial charge in [0.25, 0.3) is 5.91 Å². The third kappa shape index (κ3) is 7.25. The van der Waals surface area contributed by atoms with Gasteiger partial charge in [0, 0.05) is 9.13 Å². The Morgan fingerprint density at radius 1 is 1.16 bits per heavy atom.